The highest BCUT2D eigenvalue weighted by molar-refractivity contribution is 5.84. The van der Waals surface area contributed by atoms with E-state index >= 15 is 0 Å². The van der Waals surface area contributed by atoms with Crippen molar-refractivity contribution < 1.29 is 19.1 Å². The second-order valence-corrected chi connectivity index (χ2v) is 11.4. The molecular formula is C26H44N2O4. The van der Waals surface area contributed by atoms with Crippen molar-refractivity contribution in [1.82, 2.24) is 10.6 Å². The van der Waals surface area contributed by atoms with Gasteiger partial charge in [0.15, 0.2) is 0 Å². The molecule has 6 nitrogen and oxygen atoms in total. The van der Waals surface area contributed by atoms with Crippen LogP contribution in [0, 0.1) is 23.2 Å². The van der Waals surface area contributed by atoms with E-state index in [9.17, 15) is 14.4 Å². The Kier molecular flexibility index (Phi) is 9.01. The Morgan fingerprint density at radius 1 is 0.719 bits per heavy atom. The van der Waals surface area contributed by atoms with Crippen LogP contribution >= 0.6 is 0 Å². The monoisotopic (exact) mass is 448 g/mol. The van der Waals surface area contributed by atoms with Crippen molar-refractivity contribution in [2.75, 3.05) is 6.61 Å². The average molecular weight is 449 g/mol. The topological polar surface area (TPSA) is 84.5 Å². The average Bonchev–Trinajstić information content (AvgIpc) is 2.78. The van der Waals surface area contributed by atoms with Crippen molar-refractivity contribution in [2.24, 2.45) is 23.2 Å². The zero-order valence-electron chi connectivity index (χ0n) is 20.4. The molecule has 2 amide bonds. The normalized spacial score (nSPS) is 29.7. The molecule has 3 aliphatic carbocycles. The van der Waals surface area contributed by atoms with Crippen molar-refractivity contribution in [2.45, 2.75) is 116 Å². The third kappa shape index (κ3) is 6.95. The Balaban J connectivity index is 1.56. The predicted molar refractivity (Wildman–Crippen MR) is 125 cm³/mol. The maximum absolute atomic E-state index is 13.3. The molecule has 0 spiro atoms. The van der Waals surface area contributed by atoms with Gasteiger partial charge >= 0.3 is 5.97 Å². The Morgan fingerprint density at radius 2 is 1.25 bits per heavy atom. The fourth-order valence-corrected chi connectivity index (χ4v) is 5.54. The number of carbonyl (C=O) groups excluding carboxylic acids is 3. The van der Waals surface area contributed by atoms with Crippen molar-refractivity contribution in [1.29, 1.82) is 0 Å². The SMILES string of the molecule is CC(C)(C)C(=O)NC1CCCCC1C(=O)NC1CCCCC1C(=O)OCC1CCCCC1. The third-order valence-electron chi connectivity index (χ3n) is 7.68. The summed E-state index contributed by atoms with van der Waals surface area (Å²) < 4.78 is 5.74. The summed E-state index contributed by atoms with van der Waals surface area (Å²) in [6.45, 7) is 6.21. The van der Waals surface area contributed by atoms with Crippen LogP contribution < -0.4 is 10.6 Å². The summed E-state index contributed by atoms with van der Waals surface area (Å²) in [5.41, 5.74) is -0.477. The molecule has 0 radical (unpaired) electrons. The molecule has 3 fully saturated rings. The lowest BCUT2D eigenvalue weighted by Crippen LogP contribution is -2.54. The fourth-order valence-electron chi connectivity index (χ4n) is 5.54. The molecule has 0 saturated heterocycles. The molecular weight excluding hydrogens is 404 g/mol. The molecule has 0 aliphatic heterocycles. The number of rotatable bonds is 6. The summed E-state index contributed by atoms with van der Waals surface area (Å²) in [6.07, 6.45) is 13.3. The Bertz CT molecular complexity index is 651. The molecule has 0 aromatic rings. The van der Waals surface area contributed by atoms with Crippen LogP contribution in [0.15, 0.2) is 0 Å². The number of nitrogens with one attached hydrogen (secondary N) is 2. The van der Waals surface area contributed by atoms with Gasteiger partial charge < -0.3 is 15.4 Å². The lowest BCUT2D eigenvalue weighted by molar-refractivity contribution is -0.152. The van der Waals surface area contributed by atoms with E-state index in [1.165, 1.54) is 19.3 Å². The third-order valence-corrected chi connectivity index (χ3v) is 7.68. The van der Waals surface area contributed by atoms with E-state index in [2.05, 4.69) is 10.6 Å². The summed E-state index contributed by atoms with van der Waals surface area (Å²) in [7, 11) is 0. The Hall–Kier alpha value is -1.59. The van der Waals surface area contributed by atoms with E-state index in [0.717, 1.165) is 64.2 Å². The maximum Gasteiger partial charge on any atom is 0.311 e. The largest absolute Gasteiger partial charge is 0.465 e. The van der Waals surface area contributed by atoms with Crippen molar-refractivity contribution in [3.63, 3.8) is 0 Å². The molecule has 3 aliphatic rings. The highest BCUT2D eigenvalue weighted by atomic mass is 16.5. The zero-order valence-corrected chi connectivity index (χ0v) is 20.4. The van der Waals surface area contributed by atoms with Crippen LogP contribution in [0.3, 0.4) is 0 Å². The van der Waals surface area contributed by atoms with Gasteiger partial charge in [-0.1, -0.05) is 65.7 Å². The quantitative estimate of drug-likeness (QED) is 0.586. The van der Waals surface area contributed by atoms with E-state index in [1.54, 1.807) is 0 Å². The first-order valence-corrected chi connectivity index (χ1v) is 13.0. The van der Waals surface area contributed by atoms with Gasteiger partial charge in [-0.05, 0) is 44.4 Å². The van der Waals surface area contributed by atoms with Gasteiger partial charge in [0.25, 0.3) is 0 Å². The number of ether oxygens (including phenoxy) is 1. The first-order valence-electron chi connectivity index (χ1n) is 13.0. The van der Waals surface area contributed by atoms with Crippen LogP contribution in [0.1, 0.15) is 104 Å². The van der Waals surface area contributed by atoms with Crippen LogP contribution in [0.25, 0.3) is 0 Å². The molecule has 0 aromatic carbocycles. The summed E-state index contributed by atoms with van der Waals surface area (Å²) in [5, 5.41) is 6.33. The Labute approximate surface area is 194 Å². The molecule has 0 bridgehead atoms. The van der Waals surface area contributed by atoms with Crippen molar-refractivity contribution in [3.8, 4) is 0 Å². The second-order valence-electron chi connectivity index (χ2n) is 11.4. The number of esters is 1. The molecule has 182 valence electrons. The van der Waals surface area contributed by atoms with Crippen LogP contribution in [0.4, 0.5) is 0 Å². The number of hydrogen-bond acceptors (Lipinski definition) is 4. The highest BCUT2D eigenvalue weighted by Gasteiger charge is 2.38. The van der Waals surface area contributed by atoms with Crippen molar-refractivity contribution in [3.05, 3.63) is 0 Å². The number of carbonyl (C=O) groups is 3. The van der Waals surface area contributed by atoms with E-state index < -0.39 is 5.41 Å². The summed E-state index contributed by atoms with van der Waals surface area (Å²) >= 11 is 0. The van der Waals surface area contributed by atoms with E-state index in [4.69, 9.17) is 4.74 Å². The fraction of sp³-hybridized carbons (Fsp3) is 0.885. The molecule has 4 unspecified atom stereocenters. The standard InChI is InChI=1S/C26H44N2O4/c1-26(2,3)25(31)28-21-15-9-7-13-19(21)23(29)27-22-16-10-8-14-20(22)24(30)32-17-18-11-5-4-6-12-18/h18-22H,4-17H2,1-3H3,(H,27,29)(H,28,31). The summed E-state index contributed by atoms with van der Waals surface area (Å²) in [5.74, 6) is -0.135. The maximum atomic E-state index is 13.3. The Morgan fingerprint density at radius 3 is 1.88 bits per heavy atom. The van der Waals surface area contributed by atoms with Gasteiger partial charge in [-0.2, -0.15) is 0 Å². The summed E-state index contributed by atoms with van der Waals surface area (Å²) in [6, 6.07) is -0.285. The van der Waals surface area contributed by atoms with Gasteiger partial charge in [0, 0.05) is 17.5 Å². The minimum Gasteiger partial charge on any atom is -0.465 e. The first kappa shape index (κ1) is 25.0. The van der Waals surface area contributed by atoms with Gasteiger partial charge in [-0.3, -0.25) is 14.4 Å². The van der Waals surface area contributed by atoms with Gasteiger partial charge in [-0.25, -0.2) is 0 Å². The number of amides is 2. The molecule has 0 aromatic heterocycles. The van der Waals surface area contributed by atoms with Gasteiger partial charge in [0.2, 0.25) is 11.8 Å². The molecule has 0 heterocycles. The molecule has 6 heteroatoms. The van der Waals surface area contributed by atoms with E-state index in [-0.39, 0.29) is 41.7 Å². The lowest BCUT2D eigenvalue weighted by Gasteiger charge is -2.36. The minimum atomic E-state index is -0.477. The first-order chi connectivity index (χ1) is 15.3. The van der Waals surface area contributed by atoms with Crippen LogP contribution in [-0.4, -0.2) is 36.5 Å². The zero-order chi connectivity index (χ0) is 23.1. The molecule has 3 saturated carbocycles. The van der Waals surface area contributed by atoms with E-state index in [0.29, 0.717) is 12.5 Å². The molecule has 2 N–H and O–H groups in total. The molecule has 4 atom stereocenters. The lowest BCUT2D eigenvalue weighted by atomic mass is 9.81. The predicted octanol–water partition coefficient (Wildman–Crippen LogP) is 4.51. The van der Waals surface area contributed by atoms with Crippen LogP contribution in [-0.2, 0) is 19.1 Å². The minimum absolute atomic E-state index is 0.0102. The van der Waals surface area contributed by atoms with Crippen LogP contribution in [0.2, 0.25) is 0 Å². The highest BCUT2D eigenvalue weighted by Crippen LogP contribution is 2.30. The van der Waals surface area contributed by atoms with Gasteiger partial charge in [-0.15, -0.1) is 0 Å². The smallest absolute Gasteiger partial charge is 0.311 e. The molecule has 32 heavy (non-hydrogen) atoms. The van der Waals surface area contributed by atoms with Gasteiger partial charge in [0.05, 0.1) is 18.4 Å². The van der Waals surface area contributed by atoms with Crippen LogP contribution in [0.5, 0.6) is 0 Å². The second kappa shape index (κ2) is 11.5. The van der Waals surface area contributed by atoms with Gasteiger partial charge in [0.1, 0.15) is 0 Å². The number of hydrogen-bond donors (Lipinski definition) is 2. The van der Waals surface area contributed by atoms with E-state index in [1.807, 2.05) is 20.8 Å². The van der Waals surface area contributed by atoms with Crippen molar-refractivity contribution >= 4 is 17.8 Å². The summed E-state index contributed by atoms with van der Waals surface area (Å²) in [4.78, 5) is 38.7. The molecule has 3 rings (SSSR count).